The molecular weight excluding hydrogens is 178 g/mol. The fourth-order valence-corrected chi connectivity index (χ4v) is 1.81. The highest BCUT2D eigenvalue weighted by atomic mass is 16.2. The molecule has 0 aromatic rings. The molecule has 0 aromatic heterocycles. The molecule has 2 N–H and O–H groups in total. The Labute approximate surface area is 86.0 Å². The molecule has 4 nitrogen and oxygen atoms in total. The van der Waals surface area contributed by atoms with Crippen LogP contribution in [0.15, 0.2) is 0 Å². The first-order valence-corrected chi connectivity index (χ1v) is 5.31. The lowest BCUT2D eigenvalue weighted by Crippen LogP contribution is -2.41. The lowest BCUT2D eigenvalue weighted by Gasteiger charge is -2.20. The molecule has 0 bridgehead atoms. The molecule has 0 radical (unpaired) electrons. The van der Waals surface area contributed by atoms with Crippen molar-refractivity contribution in [3.63, 3.8) is 0 Å². The average molecular weight is 199 g/mol. The molecule has 1 saturated heterocycles. The second-order valence-corrected chi connectivity index (χ2v) is 4.17. The second kappa shape index (κ2) is 5.32. The SMILES string of the molecule is CNCC(=O)N[C@@H]1CCN(C(C)C)C1. The van der Waals surface area contributed by atoms with Crippen LogP contribution in [0.1, 0.15) is 20.3 Å². The standard InChI is InChI=1S/C10H21N3O/c1-8(2)13-5-4-9(7-13)12-10(14)6-11-3/h8-9,11H,4-7H2,1-3H3,(H,12,14)/t9-/m1/s1. The number of hydrogen-bond donors (Lipinski definition) is 2. The van der Waals surface area contributed by atoms with E-state index in [2.05, 4.69) is 29.4 Å². The number of amides is 1. The van der Waals surface area contributed by atoms with E-state index in [0.717, 1.165) is 19.5 Å². The largest absolute Gasteiger partial charge is 0.351 e. The highest BCUT2D eigenvalue weighted by Gasteiger charge is 2.24. The maximum atomic E-state index is 11.3. The lowest BCUT2D eigenvalue weighted by atomic mass is 10.2. The number of nitrogens with one attached hydrogen (secondary N) is 2. The van der Waals surface area contributed by atoms with Gasteiger partial charge in [0, 0.05) is 25.2 Å². The van der Waals surface area contributed by atoms with Crippen molar-refractivity contribution in [2.75, 3.05) is 26.7 Å². The van der Waals surface area contributed by atoms with Crippen molar-refractivity contribution in [2.24, 2.45) is 0 Å². The number of carbonyl (C=O) groups excluding carboxylic acids is 1. The Balaban J connectivity index is 2.25. The maximum absolute atomic E-state index is 11.3. The van der Waals surface area contributed by atoms with Crippen molar-refractivity contribution in [1.29, 1.82) is 0 Å². The summed E-state index contributed by atoms with van der Waals surface area (Å²) in [5.41, 5.74) is 0. The minimum absolute atomic E-state index is 0.100. The van der Waals surface area contributed by atoms with Crippen LogP contribution in [0.5, 0.6) is 0 Å². The second-order valence-electron chi connectivity index (χ2n) is 4.17. The first kappa shape index (κ1) is 11.5. The molecule has 1 atom stereocenters. The summed E-state index contributed by atoms with van der Waals surface area (Å²) in [6.07, 6.45) is 1.08. The molecule has 0 saturated carbocycles. The van der Waals surface area contributed by atoms with Gasteiger partial charge in [0.05, 0.1) is 6.54 Å². The van der Waals surface area contributed by atoms with E-state index in [4.69, 9.17) is 0 Å². The Bertz CT molecular complexity index is 194. The smallest absolute Gasteiger partial charge is 0.234 e. The first-order chi connectivity index (χ1) is 6.63. The molecule has 0 spiro atoms. The summed E-state index contributed by atoms with van der Waals surface area (Å²) in [5, 5.41) is 5.87. The molecule has 1 aliphatic heterocycles. The molecule has 0 aromatic carbocycles. The van der Waals surface area contributed by atoms with Gasteiger partial charge in [-0.1, -0.05) is 0 Å². The summed E-state index contributed by atoms with van der Waals surface area (Å²) in [5.74, 6) is 0.100. The number of rotatable bonds is 4. The predicted molar refractivity (Wildman–Crippen MR) is 57.2 cm³/mol. The van der Waals surface area contributed by atoms with Crippen LogP contribution in [0.3, 0.4) is 0 Å². The van der Waals surface area contributed by atoms with E-state index >= 15 is 0 Å². The number of hydrogen-bond acceptors (Lipinski definition) is 3. The third-order valence-electron chi connectivity index (χ3n) is 2.65. The Kier molecular flexibility index (Phi) is 4.35. The van der Waals surface area contributed by atoms with E-state index in [1.54, 1.807) is 7.05 Å². The first-order valence-electron chi connectivity index (χ1n) is 5.31. The van der Waals surface area contributed by atoms with Crippen LogP contribution in [-0.4, -0.2) is 49.6 Å². The van der Waals surface area contributed by atoms with Crippen LogP contribution in [0, 0.1) is 0 Å². The van der Waals surface area contributed by atoms with Gasteiger partial charge in [-0.3, -0.25) is 9.69 Å². The van der Waals surface area contributed by atoms with Crippen molar-refractivity contribution < 1.29 is 4.79 Å². The van der Waals surface area contributed by atoms with Gasteiger partial charge in [-0.25, -0.2) is 0 Å². The van der Waals surface area contributed by atoms with Crippen LogP contribution in [0.25, 0.3) is 0 Å². The van der Waals surface area contributed by atoms with Crippen LogP contribution in [-0.2, 0) is 4.79 Å². The summed E-state index contributed by atoms with van der Waals surface area (Å²) >= 11 is 0. The third kappa shape index (κ3) is 3.27. The van der Waals surface area contributed by atoms with Gasteiger partial charge in [-0.05, 0) is 27.3 Å². The molecule has 1 fully saturated rings. The van der Waals surface area contributed by atoms with E-state index in [0.29, 0.717) is 18.6 Å². The average Bonchev–Trinajstić information content (AvgIpc) is 2.53. The van der Waals surface area contributed by atoms with Crippen molar-refractivity contribution in [3.8, 4) is 0 Å². The third-order valence-corrected chi connectivity index (χ3v) is 2.65. The topological polar surface area (TPSA) is 44.4 Å². The van der Waals surface area contributed by atoms with Crippen LogP contribution < -0.4 is 10.6 Å². The number of likely N-dealkylation sites (tertiary alicyclic amines) is 1. The van der Waals surface area contributed by atoms with Gasteiger partial charge in [0.15, 0.2) is 0 Å². The number of carbonyl (C=O) groups is 1. The zero-order valence-corrected chi connectivity index (χ0v) is 9.34. The Morgan fingerprint density at radius 3 is 2.79 bits per heavy atom. The zero-order chi connectivity index (χ0) is 10.6. The molecular formula is C10H21N3O. The van der Waals surface area contributed by atoms with Crippen LogP contribution >= 0.6 is 0 Å². The predicted octanol–water partition coefficient (Wildman–Crippen LogP) is -0.195. The quantitative estimate of drug-likeness (QED) is 0.659. The Morgan fingerprint density at radius 1 is 1.57 bits per heavy atom. The summed E-state index contributed by atoms with van der Waals surface area (Å²) < 4.78 is 0. The molecule has 1 heterocycles. The Morgan fingerprint density at radius 2 is 2.29 bits per heavy atom. The van der Waals surface area contributed by atoms with Gasteiger partial charge < -0.3 is 10.6 Å². The lowest BCUT2D eigenvalue weighted by molar-refractivity contribution is -0.120. The highest BCUT2D eigenvalue weighted by Crippen LogP contribution is 2.11. The minimum Gasteiger partial charge on any atom is -0.351 e. The fourth-order valence-electron chi connectivity index (χ4n) is 1.81. The zero-order valence-electron chi connectivity index (χ0n) is 9.34. The van der Waals surface area contributed by atoms with E-state index in [-0.39, 0.29) is 5.91 Å². The van der Waals surface area contributed by atoms with Crippen LogP contribution in [0.4, 0.5) is 0 Å². The summed E-state index contributed by atoms with van der Waals surface area (Å²) in [6, 6.07) is 0.930. The van der Waals surface area contributed by atoms with Crippen molar-refractivity contribution in [1.82, 2.24) is 15.5 Å². The minimum atomic E-state index is 0.100. The van der Waals surface area contributed by atoms with Crippen LogP contribution in [0.2, 0.25) is 0 Å². The molecule has 82 valence electrons. The fraction of sp³-hybridized carbons (Fsp3) is 0.900. The highest BCUT2D eigenvalue weighted by molar-refractivity contribution is 5.78. The number of likely N-dealkylation sites (N-methyl/N-ethyl adjacent to an activating group) is 1. The van der Waals surface area contributed by atoms with E-state index in [1.807, 2.05) is 0 Å². The molecule has 4 heteroatoms. The molecule has 14 heavy (non-hydrogen) atoms. The van der Waals surface area contributed by atoms with E-state index in [1.165, 1.54) is 0 Å². The van der Waals surface area contributed by atoms with Crippen molar-refractivity contribution >= 4 is 5.91 Å². The Hall–Kier alpha value is -0.610. The normalized spacial score (nSPS) is 23.0. The molecule has 0 aliphatic carbocycles. The summed E-state index contributed by atoms with van der Waals surface area (Å²) in [6.45, 7) is 6.89. The van der Waals surface area contributed by atoms with Gasteiger partial charge in [-0.15, -0.1) is 0 Å². The van der Waals surface area contributed by atoms with Crippen molar-refractivity contribution in [3.05, 3.63) is 0 Å². The van der Waals surface area contributed by atoms with Gasteiger partial charge >= 0.3 is 0 Å². The maximum Gasteiger partial charge on any atom is 0.234 e. The van der Waals surface area contributed by atoms with Gasteiger partial charge in [-0.2, -0.15) is 0 Å². The van der Waals surface area contributed by atoms with Gasteiger partial charge in [0.2, 0.25) is 5.91 Å². The monoisotopic (exact) mass is 199 g/mol. The molecule has 0 unspecified atom stereocenters. The van der Waals surface area contributed by atoms with Gasteiger partial charge in [0.25, 0.3) is 0 Å². The van der Waals surface area contributed by atoms with Crippen molar-refractivity contribution in [2.45, 2.75) is 32.4 Å². The van der Waals surface area contributed by atoms with Gasteiger partial charge in [0.1, 0.15) is 0 Å². The van der Waals surface area contributed by atoms with E-state index in [9.17, 15) is 4.79 Å². The summed E-state index contributed by atoms with van der Waals surface area (Å²) in [7, 11) is 1.79. The molecule has 1 amide bonds. The molecule has 1 rings (SSSR count). The summed E-state index contributed by atoms with van der Waals surface area (Å²) in [4.78, 5) is 13.7. The number of nitrogens with zero attached hydrogens (tertiary/aromatic N) is 1. The van der Waals surface area contributed by atoms with E-state index < -0.39 is 0 Å². The molecule has 1 aliphatic rings.